The lowest BCUT2D eigenvalue weighted by Gasteiger charge is -2.26. The molecule has 1 amide bonds. The number of carbonyl (C=O) groups is 1. The van der Waals surface area contributed by atoms with E-state index in [1.807, 2.05) is 4.90 Å². The average molecular weight is 395 g/mol. The Hall–Kier alpha value is -2.91. The third kappa shape index (κ3) is 4.87. The lowest BCUT2D eigenvalue weighted by atomic mass is 10.1. The molecule has 1 aliphatic rings. The van der Waals surface area contributed by atoms with Crippen LogP contribution in [0.15, 0.2) is 24.3 Å². The van der Waals surface area contributed by atoms with Crippen LogP contribution in [-0.2, 0) is 12.7 Å². The molecular weight excluding hydrogens is 375 g/mol. The normalized spacial score (nSPS) is 14.6. The number of aromatic nitrogens is 3. The van der Waals surface area contributed by atoms with Crippen LogP contribution in [0.2, 0.25) is 0 Å². The highest BCUT2D eigenvalue weighted by molar-refractivity contribution is 5.94. The van der Waals surface area contributed by atoms with E-state index in [0.717, 1.165) is 44.5 Å². The molecule has 7 nitrogen and oxygen atoms in total. The zero-order chi connectivity index (χ0) is 20.1. The summed E-state index contributed by atoms with van der Waals surface area (Å²) < 4.78 is 43.5. The summed E-state index contributed by atoms with van der Waals surface area (Å²) in [4.78, 5) is 27.0. The Morgan fingerprint density at radius 3 is 2.61 bits per heavy atom. The number of methoxy groups -OCH3 is 1. The number of hydrogen-bond acceptors (Lipinski definition) is 6. The Morgan fingerprint density at radius 2 is 1.93 bits per heavy atom. The van der Waals surface area contributed by atoms with Crippen LogP contribution in [0.5, 0.6) is 6.01 Å². The van der Waals surface area contributed by atoms with Gasteiger partial charge in [-0.15, -0.1) is 0 Å². The number of nitrogens with one attached hydrogen (secondary N) is 1. The SMILES string of the molecule is COc1nc(CNC(=O)c2cccc(C(F)(F)F)c2)nc(N2CCCCC2)n1. The van der Waals surface area contributed by atoms with E-state index < -0.39 is 17.6 Å². The van der Waals surface area contributed by atoms with Gasteiger partial charge >= 0.3 is 12.2 Å². The summed E-state index contributed by atoms with van der Waals surface area (Å²) in [5, 5.41) is 2.54. The Balaban J connectivity index is 1.72. The second-order valence-electron chi connectivity index (χ2n) is 6.35. The molecule has 1 saturated heterocycles. The van der Waals surface area contributed by atoms with Crippen molar-refractivity contribution in [1.29, 1.82) is 0 Å². The summed E-state index contributed by atoms with van der Waals surface area (Å²) in [6.45, 7) is 1.58. The summed E-state index contributed by atoms with van der Waals surface area (Å²) in [6, 6.07) is 4.36. The van der Waals surface area contributed by atoms with Crippen LogP contribution in [0.4, 0.5) is 19.1 Å². The number of ether oxygens (including phenoxy) is 1. The first-order valence-corrected chi connectivity index (χ1v) is 8.86. The molecule has 3 rings (SSSR count). The lowest BCUT2D eigenvalue weighted by molar-refractivity contribution is -0.137. The molecule has 1 aromatic carbocycles. The Bertz CT molecular complexity index is 838. The molecule has 1 aromatic heterocycles. The number of amides is 1. The maximum atomic E-state index is 12.8. The van der Waals surface area contributed by atoms with E-state index in [9.17, 15) is 18.0 Å². The van der Waals surface area contributed by atoms with Gasteiger partial charge in [0, 0.05) is 18.7 Å². The molecule has 1 N–H and O–H groups in total. The van der Waals surface area contributed by atoms with Gasteiger partial charge in [-0.3, -0.25) is 4.79 Å². The van der Waals surface area contributed by atoms with Crippen molar-refractivity contribution >= 4 is 11.9 Å². The van der Waals surface area contributed by atoms with Gasteiger partial charge in [0.1, 0.15) is 0 Å². The zero-order valence-electron chi connectivity index (χ0n) is 15.3. The number of carbonyl (C=O) groups excluding carboxylic acids is 1. The Labute approximate surface area is 160 Å². The third-order valence-corrected chi connectivity index (χ3v) is 4.33. The number of rotatable bonds is 5. The molecule has 1 aliphatic heterocycles. The second-order valence-corrected chi connectivity index (χ2v) is 6.35. The van der Waals surface area contributed by atoms with Crippen molar-refractivity contribution in [2.45, 2.75) is 32.0 Å². The van der Waals surface area contributed by atoms with Crippen LogP contribution in [-0.4, -0.2) is 41.1 Å². The molecule has 1 fully saturated rings. The van der Waals surface area contributed by atoms with E-state index >= 15 is 0 Å². The number of nitrogens with zero attached hydrogens (tertiary/aromatic N) is 4. The first kappa shape index (κ1) is 19.8. The molecular formula is C18H20F3N5O2. The fraction of sp³-hybridized carbons (Fsp3) is 0.444. The molecule has 0 saturated carbocycles. The Kier molecular flexibility index (Phi) is 5.96. The van der Waals surface area contributed by atoms with E-state index in [-0.39, 0.29) is 23.9 Å². The van der Waals surface area contributed by atoms with Crippen LogP contribution in [0.1, 0.15) is 41.0 Å². The number of alkyl halides is 3. The third-order valence-electron chi connectivity index (χ3n) is 4.33. The topological polar surface area (TPSA) is 80.2 Å². The van der Waals surface area contributed by atoms with E-state index in [1.54, 1.807) is 0 Å². The maximum Gasteiger partial charge on any atom is 0.416 e. The highest BCUT2D eigenvalue weighted by Gasteiger charge is 2.30. The number of hydrogen-bond donors (Lipinski definition) is 1. The van der Waals surface area contributed by atoms with Gasteiger partial charge in [-0.2, -0.15) is 28.1 Å². The van der Waals surface area contributed by atoms with Gasteiger partial charge in [0.15, 0.2) is 5.82 Å². The maximum absolute atomic E-state index is 12.8. The van der Waals surface area contributed by atoms with Gasteiger partial charge in [-0.05, 0) is 37.5 Å². The van der Waals surface area contributed by atoms with Crippen molar-refractivity contribution < 1.29 is 22.7 Å². The molecule has 10 heteroatoms. The molecule has 0 atom stereocenters. The molecule has 0 radical (unpaired) electrons. The molecule has 28 heavy (non-hydrogen) atoms. The molecule has 2 aromatic rings. The predicted molar refractivity (Wildman–Crippen MR) is 95.1 cm³/mol. The molecule has 0 aliphatic carbocycles. The average Bonchev–Trinajstić information content (AvgIpc) is 2.72. The number of anilines is 1. The number of halogens is 3. The highest BCUT2D eigenvalue weighted by atomic mass is 19.4. The van der Waals surface area contributed by atoms with Gasteiger partial charge in [-0.1, -0.05) is 6.07 Å². The largest absolute Gasteiger partial charge is 0.467 e. The summed E-state index contributed by atoms with van der Waals surface area (Å²) in [5.41, 5.74) is -0.971. The van der Waals surface area contributed by atoms with Crippen molar-refractivity contribution in [3.8, 4) is 6.01 Å². The minimum absolute atomic E-state index is 0.0607. The standard InChI is InChI=1S/C18H20F3N5O2/c1-28-17-24-14(23-16(25-17)26-8-3-2-4-9-26)11-22-15(27)12-6-5-7-13(10-12)18(19,20)21/h5-7,10H,2-4,8-9,11H2,1H3,(H,22,27). The minimum Gasteiger partial charge on any atom is -0.467 e. The molecule has 0 spiro atoms. The first-order chi connectivity index (χ1) is 13.4. The molecule has 0 bridgehead atoms. The zero-order valence-corrected chi connectivity index (χ0v) is 15.3. The quantitative estimate of drug-likeness (QED) is 0.839. The van der Waals surface area contributed by atoms with Gasteiger partial charge in [0.25, 0.3) is 5.91 Å². The fourth-order valence-electron chi connectivity index (χ4n) is 2.89. The monoisotopic (exact) mass is 395 g/mol. The van der Waals surface area contributed by atoms with Crippen molar-refractivity contribution in [2.24, 2.45) is 0 Å². The smallest absolute Gasteiger partial charge is 0.416 e. The van der Waals surface area contributed by atoms with E-state index in [2.05, 4.69) is 20.3 Å². The molecule has 0 unspecified atom stereocenters. The van der Waals surface area contributed by atoms with Gasteiger partial charge in [0.2, 0.25) is 5.95 Å². The predicted octanol–water partition coefficient (Wildman–Crippen LogP) is 2.82. The molecule has 150 valence electrons. The summed E-state index contributed by atoms with van der Waals surface area (Å²) in [5.74, 6) is 0.0904. The van der Waals surface area contributed by atoms with Crippen molar-refractivity contribution in [2.75, 3.05) is 25.1 Å². The van der Waals surface area contributed by atoms with Gasteiger partial charge in [0.05, 0.1) is 19.2 Å². The van der Waals surface area contributed by atoms with E-state index in [0.29, 0.717) is 5.95 Å². The highest BCUT2D eigenvalue weighted by Crippen LogP contribution is 2.29. The van der Waals surface area contributed by atoms with Crippen LogP contribution in [0.25, 0.3) is 0 Å². The first-order valence-electron chi connectivity index (χ1n) is 8.86. The van der Waals surface area contributed by atoms with Crippen LogP contribution >= 0.6 is 0 Å². The van der Waals surface area contributed by atoms with Crippen LogP contribution < -0.4 is 15.0 Å². The van der Waals surface area contributed by atoms with E-state index in [1.165, 1.54) is 19.2 Å². The minimum atomic E-state index is -4.51. The summed E-state index contributed by atoms with van der Waals surface area (Å²) in [6.07, 6.45) is -1.29. The van der Waals surface area contributed by atoms with Crippen molar-refractivity contribution in [3.63, 3.8) is 0 Å². The summed E-state index contributed by atoms with van der Waals surface area (Å²) >= 11 is 0. The number of piperidine rings is 1. The second kappa shape index (κ2) is 8.41. The van der Waals surface area contributed by atoms with Crippen molar-refractivity contribution in [1.82, 2.24) is 20.3 Å². The Morgan fingerprint density at radius 1 is 1.18 bits per heavy atom. The molecule has 2 heterocycles. The lowest BCUT2D eigenvalue weighted by Crippen LogP contribution is -2.32. The van der Waals surface area contributed by atoms with Crippen LogP contribution in [0.3, 0.4) is 0 Å². The van der Waals surface area contributed by atoms with Crippen LogP contribution in [0, 0.1) is 0 Å². The van der Waals surface area contributed by atoms with E-state index in [4.69, 9.17) is 4.74 Å². The van der Waals surface area contributed by atoms with Gasteiger partial charge in [-0.25, -0.2) is 0 Å². The fourth-order valence-corrected chi connectivity index (χ4v) is 2.89. The van der Waals surface area contributed by atoms with Gasteiger partial charge < -0.3 is 15.0 Å². The summed E-state index contributed by atoms with van der Waals surface area (Å²) in [7, 11) is 1.43. The van der Waals surface area contributed by atoms with Crippen molar-refractivity contribution in [3.05, 3.63) is 41.2 Å². The number of benzene rings is 1.